The van der Waals surface area contributed by atoms with Crippen LogP contribution in [0.2, 0.25) is 0 Å². The number of Topliss-reactive ketones (excluding diaryl/α,β-unsaturated/α-hetero) is 1. The maximum atomic E-state index is 13.6. The van der Waals surface area contributed by atoms with E-state index in [0.717, 1.165) is 21.3 Å². The number of aryl methyl sites for hydroxylation is 1. The number of rotatable bonds is 6. The number of halogens is 2. The van der Waals surface area contributed by atoms with Crippen LogP contribution >= 0.6 is 39.0 Å². The summed E-state index contributed by atoms with van der Waals surface area (Å²) in [5, 5.41) is 21.8. The number of nitrogens with zero attached hydrogens (tertiary/aromatic N) is 4. The van der Waals surface area contributed by atoms with Crippen molar-refractivity contribution in [3.05, 3.63) is 86.5 Å². The lowest BCUT2D eigenvalue weighted by molar-refractivity contribution is -0.116. The number of carbonyl (C=O) groups excluding carboxylic acids is 2. The van der Waals surface area contributed by atoms with Crippen LogP contribution in [0.4, 0.5) is 15.2 Å². The number of aromatic nitrogens is 2. The van der Waals surface area contributed by atoms with Crippen LogP contribution in [0.5, 0.6) is 0 Å². The van der Waals surface area contributed by atoms with Crippen molar-refractivity contribution >= 4 is 61.5 Å². The lowest BCUT2D eigenvalue weighted by Crippen LogP contribution is -2.38. The third-order valence-electron chi connectivity index (χ3n) is 6.52. The van der Waals surface area contributed by atoms with Crippen molar-refractivity contribution < 1.29 is 14.0 Å². The number of benzene rings is 2. The van der Waals surface area contributed by atoms with Gasteiger partial charge in [-0.15, -0.1) is 10.2 Å². The molecule has 1 unspecified atom stereocenters. The molecule has 198 valence electrons. The highest BCUT2D eigenvalue weighted by Gasteiger charge is 2.41. The van der Waals surface area contributed by atoms with E-state index in [1.54, 1.807) is 17.9 Å². The smallest absolute Gasteiger partial charge is 0.234 e. The van der Waals surface area contributed by atoms with Gasteiger partial charge in [0.05, 0.1) is 23.3 Å². The van der Waals surface area contributed by atoms with Gasteiger partial charge in [0, 0.05) is 27.9 Å². The van der Waals surface area contributed by atoms with Gasteiger partial charge < -0.3 is 11.1 Å². The third kappa shape index (κ3) is 5.34. The van der Waals surface area contributed by atoms with Crippen LogP contribution in [-0.2, 0) is 9.59 Å². The zero-order chi connectivity index (χ0) is 27.7. The molecule has 0 bridgehead atoms. The summed E-state index contributed by atoms with van der Waals surface area (Å²) in [5.74, 6) is -1.10. The van der Waals surface area contributed by atoms with Gasteiger partial charge in [-0.2, -0.15) is 5.26 Å². The molecular formula is C27H22BrFN6O2S2. The second-order valence-electron chi connectivity index (χ2n) is 8.98. The molecule has 2 heterocycles. The molecule has 1 aromatic heterocycles. The molecule has 0 spiro atoms. The molecule has 3 N–H and O–H groups in total. The summed E-state index contributed by atoms with van der Waals surface area (Å²) in [7, 11) is 0. The Balaban J connectivity index is 1.42. The molecule has 39 heavy (non-hydrogen) atoms. The van der Waals surface area contributed by atoms with Crippen molar-refractivity contribution in [2.24, 2.45) is 5.73 Å². The number of amides is 1. The van der Waals surface area contributed by atoms with Crippen LogP contribution in [0, 0.1) is 24.1 Å². The average Bonchev–Trinajstić information content (AvgIpc) is 3.38. The van der Waals surface area contributed by atoms with E-state index in [2.05, 4.69) is 37.5 Å². The summed E-state index contributed by atoms with van der Waals surface area (Å²) in [6.45, 7) is 1.78. The maximum absolute atomic E-state index is 13.6. The summed E-state index contributed by atoms with van der Waals surface area (Å²) in [5.41, 5.74) is 10.1. The van der Waals surface area contributed by atoms with Gasteiger partial charge in [-0.25, -0.2) is 4.39 Å². The van der Waals surface area contributed by atoms with Gasteiger partial charge in [-0.3, -0.25) is 14.5 Å². The number of nitriles is 1. The van der Waals surface area contributed by atoms with E-state index in [4.69, 9.17) is 5.73 Å². The normalized spacial score (nSPS) is 17.2. The van der Waals surface area contributed by atoms with Gasteiger partial charge in [-0.1, -0.05) is 63.3 Å². The Morgan fingerprint density at radius 1 is 1.31 bits per heavy atom. The molecule has 0 radical (unpaired) electrons. The molecule has 2 aliphatic rings. The molecule has 1 aliphatic carbocycles. The fraction of sp³-hybridized carbons (Fsp3) is 0.222. The Bertz CT molecular complexity index is 1590. The quantitative estimate of drug-likeness (QED) is 0.330. The lowest BCUT2D eigenvalue weighted by Gasteiger charge is -2.38. The SMILES string of the molecule is Cc1ccc(F)cc1NC(=O)CSc1nnc(N2C(N)=C(C#N)C(c3ccccc3Br)C3=C2CCCC3=O)s1. The Morgan fingerprint density at radius 3 is 2.87 bits per heavy atom. The molecule has 0 saturated heterocycles. The largest absolute Gasteiger partial charge is 0.384 e. The van der Waals surface area contributed by atoms with E-state index in [-0.39, 0.29) is 28.8 Å². The van der Waals surface area contributed by atoms with Crippen molar-refractivity contribution in [3.8, 4) is 6.07 Å². The fourth-order valence-electron chi connectivity index (χ4n) is 4.72. The first kappa shape index (κ1) is 27.1. The van der Waals surface area contributed by atoms with Crippen molar-refractivity contribution in [1.29, 1.82) is 5.26 Å². The van der Waals surface area contributed by atoms with E-state index >= 15 is 0 Å². The fourth-order valence-corrected chi connectivity index (χ4v) is 6.91. The maximum Gasteiger partial charge on any atom is 0.234 e. The Hall–Kier alpha value is -3.53. The van der Waals surface area contributed by atoms with Gasteiger partial charge in [-0.05, 0) is 49.1 Å². The summed E-state index contributed by atoms with van der Waals surface area (Å²) in [4.78, 5) is 27.4. The van der Waals surface area contributed by atoms with Gasteiger partial charge in [0.2, 0.25) is 11.0 Å². The molecule has 1 aliphatic heterocycles. The Kier molecular flexibility index (Phi) is 7.83. The molecule has 12 heteroatoms. The number of ketones is 1. The number of allylic oxidation sites excluding steroid dienone is 3. The van der Waals surface area contributed by atoms with Crippen molar-refractivity contribution in [3.63, 3.8) is 0 Å². The highest BCUT2D eigenvalue weighted by Crippen LogP contribution is 2.48. The molecule has 5 rings (SSSR count). The standard InChI is InChI=1S/C27H22BrFN6O2S2/c1-14-9-10-15(29)11-19(14)32-22(37)13-38-27-34-33-26(39-27)35-20-7-4-8-21(36)24(20)23(17(12-30)25(35)31)16-5-2-3-6-18(16)28/h2-3,5-6,9-11,23H,4,7-8,13,31H2,1H3,(H,32,37). The van der Waals surface area contributed by atoms with E-state index in [1.807, 2.05) is 24.3 Å². The molecule has 0 fully saturated rings. The molecule has 1 amide bonds. The number of anilines is 2. The number of hydrogen-bond acceptors (Lipinski definition) is 9. The Morgan fingerprint density at radius 2 is 2.10 bits per heavy atom. The van der Waals surface area contributed by atoms with Crippen LogP contribution in [-0.4, -0.2) is 27.6 Å². The number of carbonyl (C=O) groups is 2. The second-order valence-corrected chi connectivity index (χ2v) is 12.0. The van der Waals surface area contributed by atoms with Crippen LogP contribution in [0.15, 0.2) is 73.9 Å². The van der Waals surface area contributed by atoms with Crippen LogP contribution in [0.1, 0.15) is 36.3 Å². The molecule has 0 saturated carbocycles. The summed E-state index contributed by atoms with van der Waals surface area (Å²) in [6, 6.07) is 14.0. The predicted molar refractivity (Wildman–Crippen MR) is 152 cm³/mol. The lowest BCUT2D eigenvalue weighted by atomic mass is 9.76. The zero-order valence-electron chi connectivity index (χ0n) is 20.7. The highest BCUT2D eigenvalue weighted by atomic mass is 79.9. The van der Waals surface area contributed by atoms with Gasteiger partial charge in [0.25, 0.3) is 0 Å². The second kappa shape index (κ2) is 11.3. The molecule has 3 aromatic rings. The first-order chi connectivity index (χ1) is 18.8. The minimum absolute atomic E-state index is 0.0225. The van der Waals surface area contributed by atoms with E-state index in [9.17, 15) is 19.2 Å². The van der Waals surface area contributed by atoms with E-state index < -0.39 is 11.7 Å². The predicted octanol–water partition coefficient (Wildman–Crippen LogP) is 5.78. The van der Waals surface area contributed by atoms with Gasteiger partial charge in [0.1, 0.15) is 11.6 Å². The van der Waals surface area contributed by atoms with Crippen molar-refractivity contribution in [2.75, 3.05) is 16.0 Å². The van der Waals surface area contributed by atoms with Crippen molar-refractivity contribution in [2.45, 2.75) is 36.4 Å². The molecular weight excluding hydrogens is 603 g/mol. The summed E-state index contributed by atoms with van der Waals surface area (Å²) >= 11 is 5.97. The topological polar surface area (TPSA) is 125 Å². The first-order valence-electron chi connectivity index (χ1n) is 12.0. The minimum Gasteiger partial charge on any atom is -0.384 e. The first-order valence-corrected chi connectivity index (χ1v) is 14.6. The number of nitrogens with two attached hydrogens (primary N) is 1. The number of hydrogen-bond donors (Lipinski definition) is 2. The van der Waals surface area contributed by atoms with E-state index in [1.165, 1.54) is 35.2 Å². The third-order valence-corrected chi connectivity index (χ3v) is 9.28. The van der Waals surface area contributed by atoms with Crippen LogP contribution in [0.3, 0.4) is 0 Å². The molecule has 2 aromatic carbocycles. The number of nitrogens with one attached hydrogen (secondary N) is 1. The van der Waals surface area contributed by atoms with E-state index in [0.29, 0.717) is 40.0 Å². The molecule has 1 atom stereocenters. The van der Waals surface area contributed by atoms with Crippen LogP contribution in [0.25, 0.3) is 0 Å². The Labute approximate surface area is 240 Å². The van der Waals surface area contributed by atoms with Gasteiger partial charge in [0.15, 0.2) is 10.1 Å². The monoisotopic (exact) mass is 624 g/mol. The number of thioether (sulfide) groups is 1. The summed E-state index contributed by atoms with van der Waals surface area (Å²) < 4.78 is 14.9. The molecule has 8 nitrogen and oxygen atoms in total. The van der Waals surface area contributed by atoms with Gasteiger partial charge >= 0.3 is 0 Å². The minimum atomic E-state index is -0.582. The zero-order valence-corrected chi connectivity index (χ0v) is 23.9. The van der Waals surface area contributed by atoms with Crippen molar-refractivity contribution in [1.82, 2.24) is 10.2 Å². The van der Waals surface area contributed by atoms with Crippen LogP contribution < -0.4 is 16.0 Å². The summed E-state index contributed by atoms with van der Waals surface area (Å²) in [6.07, 6.45) is 1.65. The average molecular weight is 626 g/mol. The highest BCUT2D eigenvalue weighted by molar-refractivity contribution is 9.10.